The number of hydrogen-bond acceptors (Lipinski definition) is 11. The Morgan fingerprint density at radius 2 is 1.37 bits per heavy atom. The van der Waals surface area contributed by atoms with Crippen molar-refractivity contribution in [3.05, 3.63) is 87.0 Å². The van der Waals surface area contributed by atoms with Gasteiger partial charge in [0.05, 0.1) is 5.75 Å². The van der Waals surface area contributed by atoms with Gasteiger partial charge in [0, 0.05) is 36.0 Å². The van der Waals surface area contributed by atoms with Crippen LogP contribution in [-0.2, 0) is 14.4 Å². The number of rotatable bonds is 2. The second-order valence-corrected chi connectivity index (χ2v) is 23.5. The van der Waals surface area contributed by atoms with Gasteiger partial charge in [-0.1, -0.05) is 72.9 Å². The van der Waals surface area contributed by atoms with Gasteiger partial charge in [-0.05, 0) is 184 Å². The fourth-order valence-electron chi connectivity index (χ4n) is 15.2. The summed E-state index contributed by atoms with van der Waals surface area (Å²) < 4.78 is 23.1. The minimum atomic E-state index is -0.962. The molecule has 2 aromatic rings. The average molecular weight is 994 g/mol. The number of aliphatic hydroxyl groups is 2. The quantitative estimate of drug-likeness (QED) is 0.196. The second-order valence-electron chi connectivity index (χ2n) is 21.9. The number of carbonyl (C=O) groups excluding carboxylic acids is 3. The zero-order valence-electron chi connectivity index (χ0n) is 41.2. The maximum atomic E-state index is 12.2. The first-order valence-electron chi connectivity index (χ1n) is 25.7. The van der Waals surface area contributed by atoms with Gasteiger partial charge in [0.15, 0.2) is 28.8 Å². The molecule has 3 aliphatic heterocycles. The number of amides is 1. The molecule has 11 aliphatic rings. The summed E-state index contributed by atoms with van der Waals surface area (Å²) in [5.41, 5.74) is 9.67. The lowest BCUT2D eigenvalue weighted by atomic mass is 9.51. The molecule has 3 saturated carbocycles. The van der Waals surface area contributed by atoms with Crippen molar-refractivity contribution in [2.45, 2.75) is 141 Å². The number of allylic oxidation sites excluding steroid dienone is 8. The van der Waals surface area contributed by atoms with E-state index in [1.807, 2.05) is 32.1 Å². The van der Waals surface area contributed by atoms with E-state index in [4.69, 9.17) is 18.9 Å². The van der Waals surface area contributed by atoms with Crippen molar-refractivity contribution in [1.82, 2.24) is 5.32 Å². The summed E-state index contributed by atoms with van der Waals surface area (Å²) in [5, 5.41) is 25.9. The predicted molar refractivity (Wildman–Crippen MR) is 276 cm³/mol. The molecule has 4 fully saturated rings. The Hall–Kier alpha value is -5.11. The Bertz CT molecular complexity index is 2910. The van der Waals surface area contributed by atoms with Crippen LogP contribution in [0.1, 0.15) is 141 Å². The maximum absolute atomic E-state index is 12.2. The van der Waals surface area contributed by atoms with Crippen molar-refractivity contribution < 1.29 is 43.5 Å². The van der Waals surface area contributed by atoms with Crippen LogP contribution in [0.15, 0.2) is 75.9 Å². The van der Waals surface area contributed by atoms with E-state index >= 15 is 0 Å². The number of carbonyl (C=O) groups is 3. The third kappa shape index (κ3) is 8.11. The summed E-state index contributed by atoms with van der Waals surface area (Å²) in [6, 6.07) is 12.6. The second kappa shape index (κ2) is 18.4. The van der Waals surface area contributed by atoms with Crippen molar-refractivity contribution in [1.29, 1.82) is 0 Å². The number of nitrogens with one attached hydrogen (secondary N) is 1. The van der Waals surface area contributed by atoms with Crippen LogP contribution in [0.3, 0.4) is 0 Å². The van der Waals surface area contributed by atoms with Crippen LogP contribution in [0.25, 0.3) is 5.57 Å². The van der Waals surface area contributed by atoms with E-state index in [0.29, 0.717) is 58.8 Å². The van der Waals surface area contributed by atoms with E-state index in [2.05, 4.69) is 79.3 Å². The van der Waals surface area contributed by atoms with Crippen LogP contribution in [0.5, 0.6) is 23.0 Å². The number of thioether (sulfide) groups is 1. The van der Waals surface area contributed by atoms with Gasteiger partial charge in [-0.3, -0.25) is 14.4 Å². The highest BCUT2D eigenvalue weighted by Gasteiger charge is 2.63. The minimum Gasteiger partial charge on any atom is -0.454 e. The fourth-order valence-corrected chi connectivity index (χ4v) is 16.0. The summed E-state index contributed by atoms with van der Waals surface area (Å²) in [4.78, 5) is 34.6. The van der Waals surface area contributed by atoms with Crippen molar-refractivity contribution in [3.8, 4) is 46.7 Å². The van der Waals surface area contributed by atoms with Gasteiger partial charge in [0.25, 0.3) is 0 Å². The SMILES string of the molecule is CC#C[C@]1(O)CC[C@H]2[C@@H]3CCC4=C(CCC(=O)C4)C3=C(c3ccc4c(c3)OCO4)C[C@@]21C.CC#C[C@]1(O)CC[C@H]2[C@@H]3CCC4=CC(=O)CCC4=C3[C@@H](c3ccc4c(c3)OCO4)C[C@@]21C.O=C1CSC(=S)N1. The lowest BCUT2D eigenvalue weighted by molar-refractivity contribution is -0.119. The summed E-state index contributed by atoms with van der Waals surface area (Å²) in [6.07, 6.45) is 14.7. The van der Waals surface area contributed by atoms with Crippen LogP contribution in [0, 0.1) is 58.2 Å². The first kappa shape index (κ1) is 48.2. The van der Waals surface area contributed by atoms with Crippen LogP contribution in [-0.4, -0.2) is 62.5 Å². The number of ether oxygens (including phenoxy) is 4. The van der Waals surface area contributed by atoms with Crippen molar-refractivity contribution >= 4 is 51.3 Å². The van der Waals surface area contributed by atoms with Crippen molar-refractivity contribution in [3.63, 3.8) is 0 Å². The summed E-state index contributed by atoms with van der Waals surface area (Å²) in [5.74, 6) is 18.7. The fraction of sp³-hybridized carbons (Fsp3) is 0.525. The monoisotopic (exact) mass is 993 g/mol. The number of ketones is 2. The molecule has 370 valence electrons. The lowest BCUT2D eigenvalue weighted by Gasteiger charge is -2.53. The molecule has 71 heavy (non-hydrogen) atoms. The number of Topliss-reactive ketones (excluding diaryl/α,β-unsaturated/α-hetero) is 1. The Morgan fingerprint density at radius 1 is 0.718 bits per heavy atom. The molecule has 12 heteroatoms. The first-order valence-corrected chi connectivity index (χ1v) is 27.1. The van der Waals surface area contributed by atoms with Gasteiger partial charge in [-0.15, -0.1) is 11.8 Å². The van der Waals surface area contributed by atoms with Crippen LogP contribution in [0.2, 0.25) is 0 Å². The van der Waals surface area contributed by atoms with E-state index < -0.39 is 11.2 Å². The molecule has 3 heterocycles. The third-order valence-corrected chi connectivity index (χ3v) is 19.8. The Morgan fingerprint density at radius 3 is 2.04 bits per heavy atom. The van der Waals surface area contributed by atoms with Crippen molar-refractivity contribution in [2.75, 3.05) is 19.3 Å². The number of hydrogen-bond donors (Lipinski definition) is 3. The topological polar surface area (TPSA) is 141 Å². The van der Waals surface area contributed by atoms with E-state index in [1.54, 1.807) is 0 Å². The average Bonchev–Trinajstić information content (AvgIpc) is 4.20. The molecule has 1 amide bonds. The zero-order valence-corrected chi connectivity index (χ0v) is 42.9. The summed E-state index contributed by atoms with van der Waals surface area (Å²) >= 11 is 6.00. The summed E-state index contributed by atoms with van der Waals surface area (Å²) in [7, 11) is 0. The van der Waals surface area contributed by atoms with Gasteiger partial charge >= 0.3 is 0 Å². The number of fused-ring (bicyclic) bond motifs is 10. The highest BCUT2D eigenvalue weighted by molar-refractivity contribution is 8.24. The molecule has 1 saturated heterocycles. The molecule has 0 unspecified atom stereocenters. The van der Waals surface area contributed by atoms with Gasteiger partial charge in [0.1, 0.15) is 21.3 Å². The molecule has 8 aliphatic carbocycles. The van der Waals surface area contributed by atoms with E-state index in [0.717, 1.165) is 106 Å². The zero-order chi connectivity index (χ0) is 49.5. The highest BCUT2D eigenvalue weighted by atomic mass is 32.2. The normalized spacial score (nSPS) is 34.6. The molecule has 13 rings (SSSR count). The summed E-state index contributed by atoms with van der Waals surface area (Å²) in [6.45, 7) is 8.71. The largest absolute Gasteiger partial charge is 0.454 e. The van der Waals surface area contributed by atoms with E-state index in [9.17, 15) is 24.6 Å². The molecule has 0 spiro atoms. The standard InChI is InChI=1S/2C28H30O4.C3H3NOS2/c2*1-3-11-28(30)12-10-23-21-7-4-17-13-19(29)6-8-20(17)26(21)22(15-27(23,28)2)18-5-9-24-25(14-18)32-16-31-24;5-2-1-7-3(6)4-2/h5,9,14,21,23,30H,4,6-8,10,12-13,15-16H2,1-2H3;5,9,13-14,21-23,30H,4,6-8,10,12,15-16H2,1-2H3;1H2,(H,4,5,6)/t21-,23-,27-,28-;21-,22+,23-,27-,28-;/m00./s1. The molecule has 2 aromatic carbocycles. The molecule has 10 nitrogen and oxygen atoms in total. The highest BCUT2D eigenvalue weighted by Crippen LogP contribution is 2.68. The van der Waals surface area contributed by atoms with Gasteiger partial charge in [-0.25, -0.2) is 0 Å². The van der Waals surface area contributed by atoms with Gasteiger partial charge in [-0.2, -0.15) is 0 Å². The number of thiocarbonyl (C=S) groups is 1. The predicted octanol–water partition coefficient (Wildman–Crippen LogP) is 10.4. The van der Waals surface area contributed by atoms with Gasteiger partial charge < -0.3 is 34.5 Å². The van der Waals surface area contributed by atoms with Crippen LogP contribution >= 0.6 is 24.0 Å². The molecular formula is C59H63NO9S2. The van der Waals surface area contributed by atoms with Crippen LogP contribution in [0.4, 0.5) is 0 Å². The molecular weight excluding hydrogens is 931 g/mol. The van der Waals surface area contributed by atoms with Crippen molar-refractivity contribution in [2.24, 2.45) is 34.5 Å². The molecule has 0 bridgehead atoms. The molecule has 9 atom stereocenters. The van der Waals surface area contributed by atoms with Crippen LogP contribution < -0.4 is 24.3 Å². The Kier molecular flexibility index (Phi) is 12.5. The van der Waals surface area contributed by atoms with Gasteiger partial charge in [0.2, 0.25) is 19.5 Å². The number of benzene rings is 2. The van der Waals surface area contributed by atoms with E-state index in [-0.39, 0.29) is 42.0 Å². The smallest absolute Gasteiger partial charge is 0.235 e. The molecule has 0 radical (unpaired) electrons. The lowest BCUT2D eigenvalue weighted by Crippen LogP contribution is -2.51. The molecule has 0 aromatic heterocycles. The Balaban J connectivity index is 0.000000135. The third-order valence-electron chi connectivity index (χ3n) is 18.5. The maximum Gasteiger partial charge on any atom is 0.235 e. The van der Waals surface area contributed by atoms with E-state index in [1.165, 1.54) is 56.3 Å². The first-order chi connectivity index (χ1) is 34.2. The Labute approximate surface area is 426 Å². The molecule has 3 N–H and O–H groups in total. The minimum absolute atomic E-state index is 0.0231.